The van der Waals surface area contributed by atoms with Gasteiger partial charge >= 0.3 is 0 Å². The van der Waals surface area contributed by atoms with Gasteiger partial charge in [-0.2, -0.15) is 0 Å². The van der Waals surface area contributed by atoms with E-state index in [2.05, 4.69) is 4.90 Å². The summed E-state index contributed by atoms with van der Waals surface area (Å²) in [6, 6.07) is 3.66. The Morgan fingerprint density at radius 3 is 2.45 bits per heavy atom. The maximum absolute atomic E-state index is 12.5. The molecule has 4 heteroatoms. The zero-order chi connectivity index (χ0) is 14.2. The molecule has 1 unspecified atom stereocenters. The molecule has 1 saturated heterocycles. The largest absolute Gasteiger partial charge is 0.293 e. The normalized spacial score (nSPS) is 24.1. The zero-order valence-corrected chi connectivity index (χ0v) is 13.6. The minimum absolute atomic E-state index is 0.0107. The van der Waals surface area contributed by atoms with Crippen molar-refractivity contribution in [1.29, 1.82) is 0 Å². The van der Waals surface area contributed by atoms with Crippen molar-refractivity contribution in [3.05, 3.63) is 21.3 Å². The fourth-order valence-electron chi connectivity index (χ4n) is 3.83. The second-order valence-electron chi connectivity index (χ2n) is 6.39. The molecular formula is C16H22ClNOS. The molecule has 1 spiro atoms. The highest BCUT2D eigenvalue weighted by atomic mass is 35.5. The summed E-state index contributed by atoms with van der Waals surface area (Å²) < 4.78 is 0.698. The molecule has 1 aromatic heterocycles. The van der Waals surface area contributed by atoms with E-state index in [1.807, 2.05) is 19.1 Å². The molecule has 0 N–H and O–H groups in total. The van der Waals surface area contributed by atoms with Gasteiger partial charge in [-0.05, 0) is 63.2 Å². The lowest BCUT2D eigenvalue weighted by Crippen LogP contribution is -2.46. The SMILES string of the molecule is CC(C(=O)c1ccc(Cl)s1)N1CCC2(CCCC2)CC1. The van der Waals surface area contributed by atoms with E-state index in [1.54, 1.807) is 0 Å². The Kier molecular flexibility index (Phi) is 4.21. The smallest absolute Gasteiger partial charge is 0.189 e. The number of hydrogen-bond donors (Lipinski definition) is 0. The molecule has 2 fully saturated rings. The van der Waals surface area contributed by atoms with Crippen molar-refractivity contribution in [2.24, 2.45) is 5.41 Å². The number of piperidine rings is 1. The fourth-order valence-corrected chi connectivity index (χ4v) is 4.89. The number of rotatable bonds is 3. The number of hydrogen-bond acceptors (Lipinski definition) is 3. The first-order chi connectivity index (χ1) is 9.60. The van der Waals surface area contributed by atoms with Crippen LogP contribution in [0, 0.1) is 5.41 Å². The van der Waals surface area contributed by atoms with Gasteiger partial charge in [-0.3, -0.25) is 9.69 Å². The van der Waals surface area contributed by atoms with Crippen molar-refractivity contribution in [2.45, 2.75) is 51.5 Å². The molecule has 2 heterocycles. The average molecular weight is 312 g/mol. The molecule has 1 aliphatic heterocycles. The van der Waals surface area contributed by atoms with Crippen LogP contribution in [-0.4, -0.2) is 29.8 Å². The minimum atomic E-state index is -0.0107. The third kappa shape index (κ3) is 2.81. The van der Waals surface area contributed by atoms with Crippen LogP contribution in [0.1, 0.15) is 55.1 Å². The molecule has 0 radical (unpaired) electrons. The number of halogens is 1. The van der Waals surface area contributed by atoms with Gasteiger partial charge in [0.05, 0.1) is 15.3 Å². The molecule has 20 heavy (non-hydrogen) atoms. The summed E-state index contributed by atoms with van der Waals surface area (Å²) >= 11 is 7.33. The maximum Gasteiger partial charge on any atom is 0.189 e. The van der Waals surface area contributed by atoms with Gasteiger partial charge in [0.15, 0.2) is 5.78 Å². The maximum atomic E-state index is 12.5. The highest BCUT2D eigenvalue weighted by molar-refractivity contribution is 7.18. The van der Waals surface area contributed by atoms with Crippen molar-refractivity contribution < 1.29 is 4.79 Å². The molecule has 1 aliphatic carbocycles. The number of carbonyl (C=O) groups is 1. The van der Waals surface area contributed by atoms with Crippen LogP contribution < -0.4 is 0 Å². The lowest BCUT2D eigenvalue weighted by molar-refractivity contribution is 0.0625. The van der Waals surface area contributed by atoms with Crippen molar-refractivity contribution in [2.75, 3.05) is 13.1 Å². The van der Waals surface area contributed by atoms with E-state index >= 15 is 0 Å². The number of carbonyl (C=O) groups excluding carboxylic acids is 1. The molecule has 1 aromatic rings. The molecule has 0 aromatic carbocycles. The van der Waals surface area contributed by atoms with Crippen molar-refractivity contribution >= 4 is 28.7 Å². The van der Waals surface area contributed by atoms with Crippen LogP contribution in [0.4, 0.5) is 0 Å². The van der Waals surface area contributed by atoms with Gasteiger partial charge in [-0.15, -0.1) is 11.3 Å². The van der Waals surface area contributed by atoms with Gasteiger partial charge in [0.2, 0.25) is 0 Å². The number of Topliss-reactive ketones (excluding diaryl/α,β-unsaturated/α-hetero) is 1. The predicted octanol–water partition coefficient (Wildman–Crippen LogP) is 4.63. The summed E-state index contributed by atoms with van der Waals surface area (Å²) in [5.41, 5.74) is 0.617. The average Bonchev–Trinajstić information content (AvgIpc) is 3.08. The lowest BCUT2D eigenvalue weighted by Gasteiger charge is -2.41. The topological polar surface area (TPSA) is 20.3 Å². The van der Waals surface area contributed by atoms with E-state index in [-0.39, 0.29) is 11.8 Å². The number of ketones is 1. The van der Waals surface area contributed by atoms with E-state index in [4.69, 9.17) is 11.6 Å². The Morgan fingerprint density at radius 2 is 1.90 bits per heavy atom. The first-order valence-electron chi connectivity index (χ1n) is 7.63. The molecule has 3 rings (SSSR count). The van der Waals surface area contributed by atoms with E-state index < -0.39 is 0 Å². The monoisotopic (exact) mass is 311 g/mol. The highest BCUT2D eigenvalue weighted by Crippen LogP contribution is 2.46. The zero-order valence-electron chi connectivity index (χ0n) is 12.0. The van der Waals surface area contributed by atoms with Crippen molar-refractivity contribution in [3.8, 4) is 0 Å². The number of likely N-dealkylation sites (tertiary alicyclic amines) is 1. The van der Waals surface area contributed by atoms with Crippen LogP contribution in [0.2, 0.25) is 4.34 Å². The van der Waals surface area contributed by atoms with E-state index in [0.29, 0.717) is 9.75 Å². The quantitative estimate of drug-likeness (QED) is 0.759. The van der Waals surface area contributed by atoms with Crippen molar-refractivity contribution in [3.63, 3.8) is 0 Å². The first kappa shape index (κ1) is 14.6. The van der Waals surface area contributed by atoms with Crippen molar-refractivity contribution in [1.82, 2.24) is 4.90 Å². The van der Waals surface area contributed by atoms with Crippen LogP contribution in [0.25, 0.3) is 0 Å². The Bertz CT molecular complexity index is 482. The van der Waals surface area contributed by atoms with Gasteiger partial charge in [-0.25, -0.2) is 0 Å². The van der Waals surface area contributed by atoms with E-state index in [1.165, 1.54) is 49.9 Å². The van der Waals surface area contributed by atoms with Crippen LogP contribution in [0.15, 0.2) is 12.1 Å². The lowest BCUT2D eigenvalue weighted by atomic mass is 9.77. The van der Waals surface area contributed by atoms with Gasteiger partial charge in [0.25, 0.3) is 0 Å². The van der Waals surface area contributed by atoms with Gasteiger partial charge < -0.3 is 0 Å². The van der Waals surface area contributed by atoms with Crippen LogP contribution >= 0.6 is 22.9 Å². The number of thiophene rings is 1. The van der Waals surface area contributed by atoms with Gasteiger partial charge in [-0.1, -0.05) is 24.4 Å². The van der Waals surface area contributed by atoms with Gasteiger partial charge in [0, 0.05) is 0 Å². The molecule has 1 atom stereocenters. The summed E-state index contributed by atoms with van der Waals surface area (Å²) in [6.07, 6.45) is 8.17. The standard InChI is InChI=1S/C16H22ClNOS/c1-12(15(19)13-4-5-14(17)20-13)18-10-8-16(9-11-18)6-2-3-7-16/h4-5,12H,2-3,6-11H2,1H3. The molecule has 2 nitrogen and oxygen atoms in total. The van der Waals surface area contributed by atoms with Crippen LogP contribution in [0.3, 0.4) is 0 Å². The minimum Gasteiger partial charge on any atom is -0.293 e. The Labute approximate surface area is 130 Å². The van der Waals surface area contributed by atoms with E-state index in [9.17, 15) is 4.79 Å². The molecule has 0 amide bonds. The predicted molar refractivity (Wildman–Crippen MR) is 84.8 cm³/mol. The highest BCUT2D eigenvalue weighted by Gasteiger charge is 2.38. The summed E-state index contributed by atoms with van der Waals surface area (Å²) in [7, 11) is 0. The molecule has 0 bridgehead atoms. The third-order valence-corrected chi connectivity index (χ3v) is 6.51. The summed E-state index contributed by atoms with van der Waals surface area (Å²) in [4.78, 5) is 15.6. The first-order valence-corrected chi connectivity index (χ1v) is 8.83. The molecule has 110 valence electrons. The fraction of sp³-hybridized carbons (Fsp3) is 0.688. The molecule has 1 saturated carbocycles. The second-order valence-corrected chi connectivity index (χ2v) is 8.10. The summed E-state index contributed by atoms with van der Waals surface area (Å²) in [6.45, 7) is 4.20. The second kappa shape index (κ2) is 5.78. The van der Waals surface area contributed by atoms with Gasteiger partial charge in [0.1, 0.15) is 0 Å². The third-order valence-electron chi connectivity index (χ3n) is 5.27. The Hall–Kier alpha value is -0.380. The molecule has 2 aliphatic rings. The van der Waals surface area contributed by atoms with Crippen LogP contribution in [0.5, 0.6) is 0 Å². The summed E-state index contributed by atoms with van der Waals surface area (Å²) in [5, 5.41) is 0. The number of nitrogens with zero attached hydrogens (tertiary/aromatic N) is 1. The Balaban J connectivity index is 1.61. The summed E-state index contributed by atoms with van der Waals surface area (Å²) in [5.74, 6) is 0.226. The Morgan fingerprint density at radius 1 is 1.25 bits per heavy atom. The van der Waals surface area contributed by atoms with Crippen LogP contribution in [-0.2, 0) is 0 Å². The molecular weight excluding hydrogens is 290 g/mol. The van der Waals surface area contributed by atoms with E-state index in [0.717, 1.165) is 18.0 Å².